The fourth-order valence-electron chi connectivity index (χ4n) is 1.22. The van der Waals surface area contributed by atoms with Crippen molar-refractivity contribution in [2.24, 2.45) is 0 Å². The molecule has 0 unspecified atom stereocenters. The molecule has 1 rings (SSSR count). The van der Waals surface area contributed by atoms with Gasteiger partial charge in [0.1, 0.15) is 5.75 Å². The van der Waals surface area contributed by atoms with Gasteiger partial charge in [-0.2, -0.15) is 0 Å². The van der Waals surface area contributed by atoms with Crippen molar-refractivity contribution in [2.75, 3.05) is 0 Å². The van der Waals surface area contributed by atoms with Crippen molar-refractivity contribution in [1.82, 2.24) is 5.48 Å². The summed E-state index contributed by atoms with van der Waals surface area (Å²) in [5.74, 6) is 0.485. The summed E-state index contributed by atoms with van der Waals surface area (Å²) in [6, 6.07) is 6.95. The molecule has 100 valence electrons. The van der Waals surface area contributed by atoms with E-state index in [-0.39, 0.29) is 12.0 Å². The lowest BCUT2D eigenvalue weighted by Crippen LogP contribution is -2.33. The minimum absolute atomic E-state index is 0.119. The molecule has 4 heteroatoms. The molecule has 1 amide bonds. The van der Waals surface area contributed by atoms with E-state index in [9.17, 15) is 4.79 Å². The Morgan fingerprint density at radius 1 is 1.17 bits per heavy atom. The van der Waals surface area contributed by atoms with Crippen LogP contribution in [0.2, 0.25) is 0 Å². The van der Waals surface area contributed by atoms with E-state index in [1.807, 2.05) is 34.6 Å². The number of ether oxygens (including phenoxy) is 1. The molecule has 0 aliphatic heterocycles. The summed E-state index contributed by atoms with van der Waals surface area (Å²) in [7, 11) is 0. The van der Waals surface area contributed by atoms with Crippen molar-refractivity contribution in [3.63, 3.8) is 0 Å². The minimum atomic E-state index is -0.406. The zero-order valence-corrected chi connectivity index (χ0v) is 11.6. The third-order valence-electron chi connectivity index (χ3n) is 1.94. The Morgan fingerprint density at radius 3 is 2.17 bits per heavy atom. The first-order valence-corrected chi connectivity index (χ1v) is 6.03. The molecule has 0 saturated carbocycles. The summed E-state index contributed by atoms with van der Waals surface area (Å²) in [5.41, 5.74) is 2.55. The highest BCUT2D eigenvalue weighted by atomic mass is 16.7. The first-order chi connectivity index (χ1) is 8.28. The summed E-state index contributed by atoms with van der Waals surface area (Å²) in [6.07, 6.45) is 0.119. The number of amides is 1. The van der Waals surface area contributed by atoms with Crippen molar-refractivity contribution < 1.29 is 14.4 Å². The summed E-state index contributed by atoms with van der Waals surface area (Å²) in [4.78, 5) is 17.0. The molecule has 1 aromatic carbocycles. The molecule has 0 aliphatic carbocycles. The predicted octanol–water partition coefficient (Wildman–Crippen LogP) is 2.93. The molecule has 0 aliphatic rings. The Morgan fingerprint density at radius 2 is 1.72 bits per heavy atom. The number of nitrogens with one attached hydrogen (secondary N) is 1. The zero-order valence-electron chi connectivity index (χ0n) is 11.6. The number of hydrogen-bond donors (Lipinski definition) is 1. The van der Waals surface area contributed by atoms with Crippen LogP contribution in [0.1, 0.15) is 45.0 Å². The van der Waals surface area contributed by atoms with Crippen molar-refractivity contribution in [1.29, 1.82) is 0 Å². The topological polar surface area (TPSA) is 47.6 Å². The second-order valence-electron chi connectivity index (χ2n) is 5.34. The molecular weight excluding hydrogens is 230 g/mol. The van der Waals surface area contributed by atoms with E-state index >= 15 is 0 Å². The zero-order chi connectivity index (χ0) is 13.8. The molecule has 18 heavy (non-hydrogen) atoms. The largest absolute Gasteiger partial charge is 0.491 e. The Labute approximate surface area is 108 Å². The van der Waals surface area contributed by atoms with Gasteiger partial charge in [0, 0.05) is 5.56 Å². The van der Waals surface area contributed by atoms with E-state index in [1.165, 1.54) is 0 Å². The van der Waals surface area contributed by atoms with Crippen LogP contribution in [-0.2, 0) is 4.84 Å². The van der Waals surface area contributed by atoms with Crippen LogP contribution in [0.5, 0.6) is 5.75 Å². The van der Waals surface area contributed by atoms with Gasteiger partial charge in [0.2, 0.25) is 0 Å². The highest BCUT2D eigenvalue weighted by molar-refractivity contribution is 5.93. The Kier molecular flexibility index (Phi) is 4.73. The van der Waals surface area contributed by atoms with Gasteiger partial charge in [0.05, 0.1) is 11.7 Å². The van der Waals surface area contributed by atoms with Crippen molar-refractivity contribution in [3.8, 4) is 5.75 Å². The van der Waals surface area contributed by atoms with Gasteiger partial charge in [-0.05, 0) is 58.9 Å². The average molecular weight is 251 g/mol. The van der Waals surface area contributed by atoms with Crippen LogP contribution in [0.3, 0.4) is 0 Å². The van der Waals surface area contributed by atoms with Gasteiger partial charge in [0.15, 0.2) is 0 Å². The Hall–Kier alpha value is -1.55. The molecule has 0 spiro atoms. The molecule has 4 nitrogen and oxygen atoms in total. The van der Waals surface area contributed by atoms with Gasteiger partial charge in [-0.1, -0.05) is 0 Å². The second kappa shape index (κ2) is 5.87. The Bertz CT molecular complexity index is 390. The molecule has 0 bridgehead atoms. The highest BCUT2D eigenvalue weighted by Gasteiger charge is 2.13. The maximum Gasteiger partial charge on any atom is 0.274 e. The SMILES string of the molecule is CC(C)Oc1ccc(C(=O)NOC(C)(C)C)cc1. The third-order valence-corrected chi connectivity index (χ3v) is 1.94. The molecule has 0 heterocycles. The van der Waals surface area contributed by atoms with Crippen LogP contribution >= 0.6 is 0 Å². The van der Waals surface area contributed by atoms with Crippen molar-refractivity contribution >= 4 is 5.91 Å². The molecule has 0 aromatic heterocycles. The molecule has 0 fully saturated rings. The van der Waals surface area contributed by atoms with E-state index in [1.54, 1.807) is 24.3 Å². The van der Waals surface area contributed by atoms with Crippen LogP contribution in [0.15, 0.2) is 24.3 Å². The number of carbonyl (C=O) groups excluding carboxylic acids is 1. The number of carbonyl (C=O) groups is 1. The lowest BCUT2D eigenvalue weighted by Gasteiger charge is -2.19. The number of benzene rings is 1. The van der Waals surface area contributed by atoms with Crippen LogP contribution < -0.4 is 10.2 Å². The smallest absolute Gasteiger partial charge is 0.274 e. The Balaban J connectivity index is 2.59. The lowest BCUT2D eigenvalue weighted by atomic mass is 10.2. The van der Waals surface area contributed by atoms with Gasteiger partial charge in [0.25, 0.3) is 5.91 Å². The van der Waals surface area contributed by atoms with Gasteiger partial charge in [-0.25, -0.2) is 5.48 Å². The fraction of sp³-hybridized carbons (Fsp3) is 0.500. The molecule has 1 aromatic rings. The third kappa shape index (κ3) is 5.19. The van der Waals surface area contributed by atoms with E-state index in [2.05, 4.69) is 5.48 Å². The second-order valence-corrected chi connectivity index (χ2v) is 5.34. The summed E-state index contributed by atoms with van der Waals surface area (Å²) in [5, 5.41) is 0. The van der Waals surface area contributed by atoms with Crippen LogP contribution in [0.4, 0.5) is 0 Å². The normalized spacial score (nSPS) is 11.4. The van der Waals surface area contributed by atoms with E-state index in [4.69, 9.17) is 9.57 Å². The highest BCUT2D eigenvalue weighted by Crippen LogP contribution is 2.14. The number of rotatable bonds is 4. The number of hydrogen-bond acceptors (Lipinski definition) is 3. The van der Waals surface area contributed by atoms with E-state index in [0.717, 1.165) is 5.75 Å². The monoisotopic (exact) mass is 251 g/mol. The predicted molar refractivity (Wildman–Crippen MR) is 70.5 cm³/mol. The fourth-order valence-corrected chi connectivity index (χ4v) is 1.22. The van der Waals surface area contributed by atoms with Gasteiger partial charge in [-0.3, -0.25) is 9.63 Å². The van der Waals surface area contributed by atoms with Gasteiger partial charge in [-0.15, -0.1) is 0 Å². The average Bonchev–Trinajstić information content (AvgIpc) is 2.25. The van der Waals surface area contributed by atoms with Gasteiger partial charge < -0.3 is 4.74 Å². The quantitative estimate of drug-likeness (QED) is 0.837. The molecular formula is C14H21NO3. The van der Waals surface area contributed by atoms with Crippen molar-refractivity contribution in [3.05, 3.63) is 29.8 Å². The molecule has 0 saturated heterocycles. The van der Waals surface area contributed by atoms with Crippen LogP contribution in [0, 0.1) is 0 Å². The first kappa shape index (κ1) is 14.5. The van der Waals surface area contributed by atoms with E-state index < -0.39 is 5.60 Å². The molecule has 0 atom stereocenters. The number of hydroxylamine groups is 1. The van der Waals surface area contributed by atoms with Gasteiger partial charge >= 0.3 is 0 Å². The summed E-state index contributed by atoms with van der Waals surface area (Å²) < 4.78 is 5.50. The van der Waals surface area contributed by atoms with Crippen LogP contribution in [-0.4, -0.2) is 17.6 Å². The van der Waals surface area contributed by atoms with Crippen molar-refractivity contribution in [2.45, 2.75) is 46.3 Å². The first-order valence-electron chi connectivity index (χ1n) is 6.03. The maximum absolute atomic E-state index is 11.7. The lowest BCUT2D eigenvalue weighted by molar-refractivity contribution is -0.0589. The summed E-state index contributed by atoms with van der Waals surface area (Å²) >= 11 is 0. The molecule has 0 radical (unpaired) electrons. The summed E-state index contributed by atoms with van der Waals surface area (Å²) in [6.45, 7) is 9.52. The standard InChI is InChI=1S/C14H21NO3/c1-10(2)17-12-8-6-11(7-9-12)13(16)15-18-14(3,4)5/h6-10H,1-5H3,(H,15,16). The maximum atomic E-state index is 11.7. The van der Waals surface area contributed by atoms with E-state index in [0.29, 0.717) is 5.56 Å². The minimum Gasteiger partial charge on any atom is -0.491 e. The van der Waals surface area contributed by atoms with Crippen LogP contribution in [0.25, 0.3) is 0 Å². The molecule has 1 N–H and O–H groups in total.